The Hall–Kier alpha value is -1.92. The summed E-state index contributed by atoms with van der Waals surface area (Å²) in [7, 11) is -3.63. The lowest BCUT2D eigenvalue weighted by Gasteiger charge is -2.08. The summed E-state index contributed by atoms with van der Waals surface area (Å²) in [6.07, 6.45) is 1.43. The van der Waals surface area contributed by atoms with Gasteiger partial charge in [-0.25, -0.2) is 13.4 Å². The van der Waals surface area contributed by atoms with E-state index in [9.17, 15) is 8.42 Å². The van der Waals surface area contributed by atoms with Crippen molar-refractivity contribution in [2.75, 3.05) is 5.43 Å². The van der Waals surface area contributed by atoms with Crippen molar-refractivity contribution in [1.29, 1.82) is 0 Å². The first-order valence-corrected chi connectivity index (χ1v) is 6.41. The highest BCUT2D eigenvalue weighted by Gasteiger charge is 2.13. The molecular weight excluding hydrogens is 238 g/mol. The Kier molecular flexibility index (Phi) is 3.36. The Morgan fingerprint density at radius 1 is 0.941 bits per heavy atom. The second kappa shape index (κ2) is 4.94. The molecule has 0 fully saturated rings. The SMILES string of the molecule is O=S(=O)(NNc1ccccc1)c1ccccn1. The summed E-state index contributed by atoms with van der Waals surface area (Å²) in [5.74, 6) is 0. The summed E-state index contributed by atoms with van der Waals surface area (Å²) in [5.41, 5.74) is 3.26. The maximum absolute atomic E-state index is 11.8. The van der Waals surface area contributed by atoms with Crippen molar-refractivity contribution in [3.63, 3.8) is 0 Å². The van der Waals surface area contributed by atoms with E-state index in [4.69, 9.17) is 0 Å². The number of nitrogens with zero attached hydrogens (tertiary/aromatic N) is 1. The van der Waals surface area contributed by atoms with Gasteiger partial charge < -0.3 is 5.43 Å². The summed E-state index contributed by atoms with van der Waals surface area (Å²) in [5, 5.41) is -0.0246. The highest BCUT2D eigenvalue weighted by atomic mass is 32.2. The molecule has 0 saturated heterocycles. The van der Waals surface area contributed by atoms with Crippen LogP contribution < -0.4 is 10.3 Å². The second-order valence-electron chi connectivity index (χ2n) is 3.26. The molecule has 0 saturated carbocycles. The first-order valence-electron chi connectivity index (χ1n) is 4.92. The number of rotatable bonds is 4. The van der Waals surface area contributed by atoms with Gasteiger partial charge in [0, 0.05) is 11.9 Å². The van der Waals surface area contributed by atoms with Gasteiger partial charge in [0.05, 0.1) is 0 Å². The molecule has 0 aliphatic heterocycles. The number of hydrazine groups is 1. The zero-order valence-corrected chi connectivity index (χ0v) is 9.68. The Morgan fingerprint density at radius 3 is 2.29 bits per heavy atom. The van der Waals surface area contributed by atoms with Crippen molar-refractivity contribution >= 4 is 15.7 Å². The van der Waals surface area contributed by atoms with Crippen LogP contribution in [0.1, 0.15) is 0 Å². The molecule has 0 radical (unpaired) electrons. The summed E-state index contributed by atoms with van der Waals surface area (Å²) >= 11 is 0. The fourth-order valence-corrected chi connectivity index (χ4v) is 2.02. The molecule has 0 amide bonds. The van der Waals surface area contributed by atoms with Gasteiger partial charge in [0.2, 0.25) is 0 Å². The molecule has 2 aromatic rings. The molecule has 17 heavy (non-hydrogen) atoms. The van der Waals surface area contributed by atoms with E-state index in [-0.39, 0.29) is 5.03 Å². The van der Waals surface area contributed by atoms with Crippen LogP contribution in [0.4, 0.5) is 5.69 Å². The van der Waals surface area contributed by atoms with Gasteiger partial charge >= 0.3 is 0 Å². The molecular formula is C11H11N3O2S. The molecule has 88 valence electrons. The second-order valence-corrected chi connectivity index (χ2v) is 4.89. The lowest BCUT2D eigenvalue weighted by atomic mass is 10.3. The third kappa shape index (κ3) is 3.02. The molecule has 2 N–H and O–H groups in total. The molecule has 2 rings (SSSR count). The highest BCUT2D eigenvalue weighted by molar-refractivity contribution is 7.89. The minimum absolute atomic E-state index is 0.0246. The van der Waals surface area contributed by atoms with Crippen molar-refractivity contribution in [2.45, 2.75) is 5.03 Å². The average molecular weight is 249 g/mol. The largest absolute Gasteiger partial charge is 0.308 e. The Bertz CT molecular complexity index is 570. The van der Waals surface area contributed by atoms with Crippen molar-refractivity contribution in [1.82, 2.24) is 9.82 Å². The van der Waals surface area contributed by atoms with E-state index in [1.165, 1.54) is 12.3 Å². The maximum Gasteiger partial charge on any atom is 0.274 e. The van der Waals surface area contributed by atoms with Gasteiger partial charge in [-0.05, 0) is 24.3 Å². The van der Waals surface area contributed by atoms with Crippen LogP contribution in [-0.2, 0) is 10.0 Å². The lowest BCUT2D eigenvalue weighted by molar-refractivity contribution is 0.584. The number of sulfonamides is 1. The van der Waals surface area contributed by atoms with Crippen molar-refractivity contribution in [2.24, 2.45) is 0 Å². The highest BCUT2D eigenvalue weighted by Crippen LogP contribution is 2.06. The van der Waals surface area contributed by atoms with Crippen LogP contribution in [-0.4, -0.2) is 13.4 Å². The van der Waals surface area contributed by atoms with Gasteiger partial charge in [-0.1, -0.05) is 24.3 Å². The van der Waals surface area contributed by atoms with E-state index in [2.05, 4.69) is 15.2 Å². The van der Waals surface area contributed by atoms with E-state index in [0.717, 1.165) is 0 Å². The molecule has 0 bridgehead atoms. The Labute approximate surface area is 99.5 Å². The first-order chi connectivity index (χ1) is 8.18. The molecule has 0 atom stereocenters. The summed E-state index contributed by atoms with van der Waals surface area (Å²) in [4.78, 5) is 6.02. The van der Waals surface area contributed by atoms with Crippen molar-refractivity contribution < 1.29 is 8.42 Å². The predicted molar refractivity (Wildman–Crippen MR) is 64.6 cm³/mol. The predicted octanol–water partition coefficient (Wildman–Crippen LogP) is 1.39. The smallest absolute Gasteiger partial charge is 0.274 e. The van der Waals surface area contributed by atoms with Crippen molar-refractivity contribution in [3.8, 4) is 0 Å². The Morgan fingerprint density at radius 2 is 1.65 bits per heavy atom. The number of hydrogen-bond donors (Lipinski definition) is 2. The first kappa shape index (κ1) is 11.6. The van der Waals surface area contributed by atoms with Gasteiger partial charge in [0.1, 0.15) is 0 Å². The zero-order chi connectivity index (χ0) is 12.1. The van der Waals surface area contributed by atoms with Crippen LogP contribution in [0.2, 0.25) is 0 Å². The van der Waals surface area contributed by atoms with Crippen LogP contribution in [0.25, 0.3) is 0 Å². The van der Waals surface area contributed by atoms with Gasteiger partial charge in [0.25, 0.3) is 10.0 Å². The van der Waals surface area contributed by atoms with Gasteiger partial charge in [-0.2, -0.15) is 0 Å². The molecule has 6 heteroatoms. The average Bonchev–Trinajstić information content (AvgIpc) is 2.39. The number of benzene rings is 1. The Balaban J connectivity index is 2.09. The van der Waals surface area contributed by atoms with E-state index < -0.39 is 10.0 Å². The standard InChI is InChI=1S/C11H11N3O2S/c15-17(16,11-8-4-5-9-12-11)14-13-10-6-2-1-3-7-10/h1-9,13-14H. The number of pyridine rings is 1. The normalized spacial score (nSPS) is 11.1. The number of nitrogens with one attached hydrogen (secondary N) is 2. The minimum atomic E-state index is -3.63. The summed E-state index contributed by atoms with van der Waals surface area (Å²) < 4.78 is 23.5. The van der Waals surface area contributed by atoms with E-state index >= 15 is 0 Å². The molecule has 0 unspecified atom stereocenters. The molecule has 0 aliphatic carbocycles. The number of para-hydroxylation sites is 1. The quantitative estimate of drug-likeness (QED) is 0.803. The lowest BCUT2D eigenvalue weighted by Crippen LogP contribution is -2.30. The minimum Gasteiger partial charge on any atom is -0.308 e. The zero-order valence-electron chi connectivity index (χ0n) is 8.87. The third-order valence-corrected chi connectivity index (χ3v) is 3.18. The van der Waals surface area contributed by atoms with Crippen LogP contribution in [0, 0.1) is 0 Å². The van der Waals surface area contributed by atoms with E-state index in [1.807, 2.05) is 6.07 Å². The molecule has 1 aromatic carbocycles. The van der Waals surface area contributed by atoms with Gasteiger partial charge in [-0.15, -0.1) is 4.83 Å². The van der Waals surface area contributed by atoms with Crippen LogP contribution in [0.15, 0.2) is 59.8 Å². The maximum atomic E-state index is 11.8. The summed E-state index contributed by atoms with van der Waals surface area (Å²) in [6, 6.07) is 13.7. The molecule has 0 aliphatic rings. The third-order valence-electron chi connectivity index (χ3n) is 2.02. The van der Waals surface area contributed by atoms with Crippen LogP contribution >= 0.6 is 0 Å². The van der Waals surface area contributed by atoms with E-state index in [0.29, 0.717) is 5.69 Å². The molecule has 1 heterocycles. The monoisotopic (exact) mass is 249 g/mol. The van der Waals surface area contributed by atoms with Crippen LogP contribution in [0.3, 0.4) is 0 Å². The van der Waals surface area contributed by atoms with Gasteiger partial charge in [0.15, 0.2) is 5.03 Å². The van der Waals surface area contributed by atoms with Crippen molar-refractivity contribution in [3.05, 3.63) is 54.7 Å². The number of hydrogen-bond acceptors (Lipinski definition) is 4. The van der Waals surface area contributed by atoms with E-state index in [1.54, 1.807) is 36.4 Å². The molecule has 1 aromatic heterocycles. The number of aromatic nitrogens is 1. The summed E-state index contributed by atoms with van der Waals surface area (Å²) in [6.45, 7) is 0. The molecule has 0 spiro atoms. The fraction of sp³-hybridized carbons (Fsp3) is 0. The number of anilines is 1. The fourth-order valence-electron chi connectivity index (χ4n) is 1.21. The topological polar surface area (TPSA) is 71.1 Å². The van der Waals surface area contributed by atoms with Crippen LogP contribution in [0.5, 0.6) is 0 Å². The molecule has 5 nitrogen and oxygen atoms in total. The van der Waals surface area contributed by atoms with Gasteiger partial charge in [-0.3, -0.25) is 0 Å².